The van der Waals surface area contributed by atoms with Gasteiger partial charge < -0.3 is 8.83 Å². The van der Waals surface area contributed by atoms with Crippen LogP contribution in [-0.4, -0.2) is 19.5 Å². The van der Waals surface area contributed by atoms with Crippen molar-refractivity contribution >= 4 is 65.7 Å². The Bertz CT molecular complexity index is 3510. The van der Waals surface area contributed by atoms with Gasteiger partial charge >= 0.3 is 0 Å². The molecule has 12 rings (SSSR count). The largest absolute Gasteiger partial charge is 0.456 e. The lowest BCUT2D eigenvalue weighted by Gasteiger charge is -2.13. The van der Waals surface area contributed by atoms with Crippen LogP contribution in [0.3, 0.4) is 0 Å². The Hall–Kier alpha value is -7.83. The van der Waals surface area contributed by atoms with E-state index in [2.05, 4.69) is 120 Å². The van der Waals surface area contributed by atoms with Gasteiger partial charge in [-0.3, -0.25) is 4.57 Å². The fourth-order valence-electron chi connectivity index (χ4n) is 8.48. The minimum absolute atomic E-state index is 0.508. The molecule has 0 bridgehead atoms. The van der Waals surface area contributed by atoms with Gasteiger partial charge in [0.25, 0.3) is 0 Å². The molecular weight excluding hydrogens is 701 g/mol. The molecule has 0 atom stereocenters. The number of hydrogen-bond donors (Lipinski definition) is 0. The van der Waals surface area contributed by atoms with E-state index in [1.807, 2.05) is 66.7 Å². The Labute approximate surface area is 325 Å². The van der Waals surface area contributed by atoms with Crippen molar-refractivity contribution in [1.82, 2.24) is 19.5 Å². The molecule has 6 nitrogen and oxygen atoms in total. The number of benzene rings is 8. The molecule has 0 saturated carbocycles. The minimum Gasteiger partial charge on any atom is -0.456 e. The van der Waals surface area contributed by atoms with Gasteiger partial charge in [0.05, 0.1) is 11.0 Å². The molecule has 0 fully saturated rings. The monoisotopic (exact) mass is 730 g/mol. The Morgan fingerprint density at radius 3 is 1.74 bits per heavy atom. The minimum atomic E-state index is 0.508. The number of aromatic nitrogens is 4. The van der Waals surface area contributed by atoms with Gasteiger partial charge in [-0.25, -0.2) is 4.98 Å². The average Bonchev–Trinajstić information content (AvgIpc) is 3.95. The third kappa shape index (κ3) is 4.94. The van der Waals surface area contributed by atoms with Crippen molar-refractivity contribution in [2.45, 2.75) is 0 Å². The molecule has 6 heteroatoms. The van der Waals surface area contributed by atoms with Crippen LogP contribution in [0.25, 0.3) is 117 Å². The second kappa shape index (κ2) is 12.3. The summed E-state index contributed by atoms with van der Waals surface area (Å²) in [6.07, 6.45) is 0. The van der Waals surface area contributed by atoms with Crippen LogP contribution in [0.15, 0.2) is 191 Å². The molecule has 12 aromatic rings. The standard InChI is InChI=1S/C51H30N4O2/c1-4-14-31(15-5-1)35-21-13-25-44-47(35)39-27-26-34(28-45(39)57-44)50-52-49(33-18-8-3-9-19-33)53-51(54-50)55-42-30-46-41(37-20-10-11-24-43(37)56-46)29-40(42)38-23-12-22-36(48(38)55)32-16-6-2-7-17-32/h1-30H. The van der Waals surface area contributed by atoms with Gasteiger partial charge in [0, 0.05) is 55.1 Å². The normalized spacial score (nSPS) is 11.9. The number of nitrogens with zero attached hydrogens (tertiary/aromatic N) is 4. The molecule has 0 aliphatic rings. The quantitative estimate of drug-likeness (QED) is 0.176. The number of para-hydroxylation sites is 2. The highest BCUT2D eigenvalue weighted by atomic mass is 16.3. The van der Waals surface area contributed by atoms with Crippen LogP contribution in [0.4, 0.5) is 0 Å². The molecule has 0 radical (unpaired) electrons. The maximum Gasteiger partial charge on any atom is 0.238 e. The van der Waals surface area contributed by atoms with Crippen molar-refractivity contribution in [3.63, 3.8) is 0 Å². The van der Waals surface area contributed by atoms with Crippen LogP contribution in [0.1, 0.15) is 0 Å². The Morgan fingerprint density at radius 2 is 0.947 bits per heavy atom. The first-order valence-electron chi connectivity index (χ1n) is 19.0. The maximum absolute atomic E-state index is 6.55. The van der Waals surface area contributed by atoms with E-state index in [0.29, 0.717) is 17.6 Å². The van der Waals surface area contributed by atoms with Gasteiger partial charge in [-0.2, -0.15) is 9.97 Å². The second-order valence-corrected chi connectivity index (χ2v) is 14.4. The van der Waals surface area contributed by atoms with Crippen molar-refractivity contribution in [3.05, 3.63) is 182 Å². The molecular formula is C51H30N4O2. The summed E-state index contributed by atoms with van der Waals surface area (Å²) in [6.45, 7) is 0. The first-order valence-corrected chi connectivity index (χ1v) is 19.0. The lowest BCUT2D eigenvalue weighted by molar-refractivity contribution is 0.668. The number of rotatable bonds is 5. The summed E-state index contributed by atoms with van der Waals surface area (Å²) < 4.78 is 15.2. The highest BCUT2D eigenvalue weighted by Gasteiger charge is 2.23. The van der Waals surface area contributed by atoms with Crippen molar-refractivity contribution in [2.75, 3.05) is 0 Å². The van der Waals surface area contributed by atoms with Crippen LogP contribution in [-0.2, 0) is 0 Å². The van der Waals surface area contributed by atoms with E-state index in [0.717, 1.165) is 99.1 Å². The van der Waals surface area contributed by atoms with Crippen LogP contribution < -0.4 is 0 Å². The molecule has 4 heterocycles. The van der Waals surface area contributed by atoms with Gasteiger partial charge in [0.1, 0.15) is 22.3 Å². The van der Waals surface area contributed by atoms with Gasteiger partial charge in [-0.15, -0.1) is 0 Å². The topological polar surface area (TPSA) is 69.9 Å². The zero-order valence-electron chi connectivity index (χ0n) is 30.4. The van der Waals surface area contributed by atoms with E-state index in [-0.39, 0.29) is 0 Å². The predicted octanol–water partition coefficient (Wildman–Crippen LogP) is 13.4. The first kappa shape index (κ1) is 31.5. The molecule has 0 aliphatic carbocycles. The molecule has 57 heavy (non-hydrogen) atoms. The zero-order valence-corrected chi connectivity index (χ0v) is 30.4. The van der Waals surface area contributed by atoms with Crippen LogP contribution in [0, 0.1) is 0 Å². The molecule has 0 spiro atoms. The van der Waals surface area contributed by atoms with Crippen molar-refractivity contribution in [2.24, 2.45) is 0 Å². The van der Waals surface area contributed by atoms with Gasteiger partial charge in [0.15, 0.2) is 11.6 Å². The SMILES string of the molecule is c1ccc(-c2nc(-c3ccc4c(c3)oc3cccc(-c5ccccc5)c34)nc(-n3c4cc5oc6ccccc6c5cc4c4cccc(-c5ccccc5)c43)n2)cc1. The number of furan rings is 2. The maximum atomic E-state index is 6.55. The van der Waals surface area contributed by atoms with Crippen molar-refractivity contribution in [1.29, 1.82) is 0 Å². The lowest BCUT2D eigenvalue weighted by atomic mass is 9.99. The number of fused-ring (bicyclic) bond motifs is 9. The molecule has 266 valence electrons. The van der Waals surface area contributed by atoms with E-state index in [9.17, 15) is 0 Å². The van der Waals surface area contributed by atoms with E-state index in [4.69, 9.17) is 23.8 Å². The third-order valence-corrected chi connectivity index (χ3v) is 11.1. The smallest absolute Gasteiger partial charge is 0.238 e. The summed E-state index contributed by atoms with van der Waals surface area (Å²) in [5, 5.41) is 6.46. The zero-order chi connectivity index (χ0) is 37.5. The highest BCUT2D eigenvalue weighted by molar-refractivity contribution is 6.19. The molecule has 0 N–H and O–H groups in total. The summed E-state index contributed by atoms with van der Waals surface area (Å²) in [5.74, 6) is 1.62. The van der Waals surface area contributed by atoms with E-state index < -0.39 is 0 Å². The van der Waals surface area contributed by atoms with Crippen LogP contribution >= 0.6 is 0 Å². The summed E-state index contributed by atoms with van der Waals surface area (Å²) in [6, 6.07) is 62.6. The second-order valence-electron chi connectivity index (χ2n) is 14.4. The molecule has 4 aromatic heterocycles. The molecule has 8 aromatic carbocycles. The van der Waals surface area contributed by atoms with Gasteiger partial charge in [-0.05, 0) is 47.0 Å². The molecule has 0 amide bonds. The van der Waals surface area contributed by atoms with E-state index in [1.165, 1.54) is 0 Å². The highest BCUT2D eigenvalue weighted by Crippen LogP contribution is 2.42. The summed E-state index contributed by atoms with van der Waals surface area (Å²) in [5.41, 5.74) is 11.4. The predicted molar refractivity (Wildman–Crippen MR) is 230 cm³/mol. The van der Waals surface area contributed by atoms with E-state index in [1.54, 1.807) is 0 Å². The third-order valence-electron chi connectivity index (χ3n) is 11.1. The average molecular weight is 731 g/mol. The number of hydrogen-bond acceptors (Lipinski definition) is 5. The summed E-state index contributed by atoms with van der Waals surface area (Å²) in [7, 11) is 0. The summed E-state index contributed by atoms with van der Waals surface area (Å²) >= 11 is 0. The van der Waals surface area contributed by atoms with Gasteiger partial charge in [0.2, 0.25) is 5.95 Å². The van der Waals surface area contributed by atoms with Gasteiger partial charge in [-0.1, -0.05) is 146 Å². The molecule has 0 aliphatic heterocycles. The van der Waals surface area contributed by atoms with Crippen molar-refractivity contribution in [3.8, 4) is 51.0 Å². The van der Waals surface area contributed by atoms with E-state index >= 15 is 0 Å². The molecule has 0 saturated heterocycles. The first-order chi connectivity index (χ1) is 28.2. The lowest BCUT2D eigenvalue weighted by Crippen LogP contribution is -2.07. The fourth-order valence-corrected chi connectivity index (χ4v) is 8.48. The molecule has 0 unspecified atom stereocenters. The van der Waals surface area contributed by atoms with Crippen molar-refractivity contribution < 1.29 is 8.83 Å². The Kier molecular flexibility index (Phi) is 6.83. The van der Waals surface area contributed by atoms with Crippen LogP contribution in [0.5, 0.6) is 0 Å². The summed E-state index contributed by atoms with van der Waals surface area (Å²) in [4.78, 5) is 15.7. The van der Waals surface area contributed by atoms with Crippen LogP contribution in [0.2, 0.25) is 0 Å². The fraction of sp³-hybridized carbons (Fsp3) is 0. The Morgan fingerprint density at radius 1 is 0.351 bits per heavy atom. The Balaban J connectivity index is 1.14.